The van der Waals surface area contributed by atoms with Crippen LogP contribution in [0.15, 0.2) is 30.3 Å². The van der Waals surface area contributed by atoms with E-state index >= 15 is 0 Å². The first kappa shape index (κ1) is 14.1. The quantitative estimate of drug-likeness (QED) is 0.905. The summed E-state index contributed by atoms with van der Waals surface area (Å²) in [5.74, 6) is 0. The van der Waals surface area contributed by atoms with Gasteiger partial charge >= 0.3 is 0 Å². The van der Waals surface area contributed by atoms with Crippen LogP contribution in [0.3, 0.4) is 0 Å². The van der Waals surface area contributed by atoms with E-state index in [0.717, 1.165) is 19.1 Å². The molecule has 0 radical (unpaired) electrons. The van der Waals surface area contributed by atoms with E-state index in [1.807, 2.05) is 6.07 Å². The summed E-state index contributed by atoms with van der Waals surface area (Å²) in [5.41, 5.74) is 1.10. The Hall–Kier alpha value is -0.900. The van der Waals surface area contributed by atoms with Crippen molar-refractivity contribution in [3.8, 4) is 0 Å². The predicted octanol–water partition coefficient (Wildman–Crippen LogP) is 1.72. The van der Waals surface area contributed by atoms with Crippen LogP contribution in [0, 0.1) is 0 Å². The Morgan fingerprint density at radius 3 is 2.75 bits per heavy atom. The number of hydrogen-bond acceptors (Lipinski definition) is 3. The van der Waals surface area contributed by atoms with Gasteiger partial charge < -0.3 is 5.11 Å². The second-order valence-corrected chi connectivity index (χ2v) is 6.65. The maximum atomic E-state index is 9.92. The first-order valence-electron chi connectivity index (χ1n) is 7.84. The van der Waals surface area contributed by atoms with Crippen LogP contribution in [-0.4, -0.2) is 60.3 Å². The predicted molar refractivity (Wildman–Crippen MR) is 81.9 cm³/mol. The Bertz CT molecular complexity index is 436. The van der Waals surface area contributed by atoms with Crippen LogP contribution in [0.4, 0.5) is 0 Å². The largest absolute Gasteiger partial charge is 0.395 e. The maximum absolute atomic E-state index is 9.92. The minimum Gasteiger partial charge on any atom is -0.395 e. The van der Waals surface area contributed by atoms with Crippen molar-refractivity contribution in [2.45, 2.75) is 31.2 Å². The molecule has 2 saturated heterocycles. The molecule has 3 nitrogen and oxygen atoms in total. The molecule has 2 unspecified atom stereocenters. The molecule has 1 aromatic rings. The summed E-state index contributed by atoms with van der Waals surface area (Å²) in [6.45, 7) is 8.14. The molecule has 0 bridgehead atoms. The van der Waals surface area contributed by atoms with Gasteiger partial charge in [-0.1, -0.05) is 37.3 Å². The van der Waals surface area contributed by atoms with Crippen molar-refractivity contribution in [3.05, 3.63) is 35.9 Å². The van der Waals surface area contributed by atoms with Crippen molar-refractivity contribution < 1.29 is 5.11 Å². The highest BCUT2D eigenvalue weighted by Crippen LogP contribution is 2.27. The normalized spacial score (nSPS) is 27.2. The first-order chi connectivity index (χ1) is 9.71. The summed E-state index contributed by atoms with van der Waals surface area (Å²) in [7, 11) is 0. The van der Waals surface area contributed by atoms with E-state index in [0.29, 0.717) is 0 Å². The van der Waals surface area contributed by atoms with Gasteiger partial charge in [-0.25, -0.2) is 0 Å². The summed E-state index contributed by atoms with van der Waals surface area (Å²) >= 11 is 0. The second-order valence-electron chi connectivity index (χ2n) is 6.65. The zero-order valence-corrected chi connectivity index (χ0v) is 12.5. The maximum Gasteiger partial charge on any atom is 0.0537 e. The van der Waals surface area contributed by atoms with Gasteiger partial charge in [0.1, 0.15) is 0 Å². The van der Waals surface area contributed by atoms with Crippen LogP contribution >= 0.6 is 0 Å². The average molecular weight is 274 g/mol. The standard InChI is InChI=1S/C17H26N2O/c1-17(14-20,15-6-3-2-4-7-15)13-18-10-11-19-9-5-8-16(19)12-18/h2-4,6-7,16,20H,5,8-14H2,1H3. The molecule has 1 N–H and O–H groups in total. The fraction of sp³-hybridized carbons (Fsp3) is 0.647. The topological polar surface area (TPSA) is 26.7 Å². The zero-order valence-electron chi connectivity index (χ0n) is 12.5. The number of fused-ring (bicyclic) bond motifs is 1. The molecule has 0 aromatic heterocycles. The van der Waals surface area contributed by atoms with E-state index in [-0.39, 0.29) is 12.0 Å². The van der Waals surface area contributed by atoms with Gasteiger partial charge in [-0.15, -0.1) is 0 Å². The Labute approximate surface area is 122 Å². The lowest BCUT2D eigenvalue weighted by Gasteiger charge is -2.41. The van der Waals surface area contributed by atoms with E-state index in [1.165, 1.54) is 38.0 Å². The van der Waals surface area contributed by atoms with Gasteiger partial charge in [0.25, 0.3) is 0 Å². The molecular formula is C17H26N2O. The third kappa shape index (κ3) is 2.76. The Balaban J connectivity index is 1.69. The number of aliphatic hydroxyl groups is 1. The van der Waals surface area contributed by atoms with Crippen LogP contribution in [0.5, 0.6) is 0 Å². The number of aliphatic hydroxyl groups excluding tert-OH is 1. The van der Waals surface area contributed by atoms with Gasteiger partial charge in [-0.05, 0) is 24.9 Å². The summed E-state index contributed by atoms with van der Waals surface area (Å²) in [4.78, 5) is 5.19. The van der Waals surface area contributed by atoms with Crippen LogP contribution in [-0.2, 0) is 5.41 Å². The molecule has 2 heterocycles. The van der Waals surface area contributed by atoms with Gasteiger partial charge in [0, 0.05) is 37.6 Å². The number of piperazine rings is 1. The van der Waals surface area contributed by atoms with Crippen LogP contribution < -0.4 is 0 Å². The lowest BCUT2D eigenvalue weighted by Crippen LogP contribution is -2.53. The SMILES string of the molecule is CC(CO)(CN1CCN2CCCC2C1)c1ccccc1. The monoisotopic (exact) mass is 274 g/mol. The molecule has 2 fully saturated rings. The van der Waals surface area contributed by atoms with Gasteiger partial charge in [-0.3, -0.25) is 9.80 Å². The van der Waals surface area contributed by atoms with Crippen molar-refractivity contribution in [1.82, 2.24) is 9.80 Å². The van der Waals surface area contributed by atoms with Gasteiger partial charge in [0.05, 0.1) is 6.61 Å². The van der Waals surface area contributed by atoms with Crippen molar-refractivity contribution in [1.29, 1.82) is 0 Å². The van der Waals surface area contributed by atoms with E-state index < -0.39 is 0 Å². The highest BCUT2D eigenvalue weighted by Gasteiger charge is 2.34. The van der Waals surface area contributed by atoms with Crippen LogP contribution in [0.25, 0.3) is 0 Å². The lowest BCUT2D eigenvalue weighted by atomic mass is 9.82. The minimum absolute atomic E-state index is 0.151. The lowest BCUT2D eigenvalue weighted by molar-refractivity contribution is 0.0715. The molecule has 2 atom stereocenters. The molecule has 3 heteroatoms. The molecule has 20 heavy (non-hydrogen) atoms. The molecule has 0 amide bonds. The van der Waals surface area contributed by atoms with Crippen molar-refractivity contribution in [2.24, 2.45) is 0 Å². The van der Waals surface area contributed by atoms with E-state index in [9.17, 15) is 5.11 Å². The fourth-order valence-electron chi connectivity index (χ4n) is 3.77. The van der Waals surface area contributed by atoms with Gasteiger partial charge in [0.2, 0.25) is 0 Å². The Morgan fingerprint density at radius 1 is 1.20 bits per heavy atom. The minimum atomic E-state index is -0.151. The Morgan fingerprint density at radius 2 is 2.00 bits per heavy atom. The molecule has 1 aromatic carbocycles. The number of hydrogen-bond donors (Lipinski definition) is 1. The third-order valence-electron chi connectivity index (χ3n) is 5.06. The molecule has 0 aliphatic carbocycles. The second kappa shape index (κ2) is 5.84. The van der Waals surface area contributed by atoms with Crippen LogP contribution in [0.2, 0.25) is 0 Å². The smallest absolute Gasteiger partial charge is 0.0537 e. The first-order valence-corrected chi connectivity index (χ1v) is 7.84. The van der Waals surface area contributed by atoms with E-state index in [2.05, 4.69) is 41.0 Å². The molecule has 3 rings (SSSR count). The molecule has 2 aliphatic rings. The summed E-state index contributed by atoms with van der Waals surface area (Å²) < 4.78 is 0. The molecule has 2 aliphatic heterocycles. The van der Waals surface area contributed by atoms with E-state index in [4.69, 9.17) is 0 Å². The highest BCUT2D eigenvalue weighted by atomic mass is 16.3. The van der Waals surface area contributed by atoms with E-state index in [1.54, 1.807) is 0 Å². The number of nitrogens with zero attached hydrogens (tertiary/aromatic N) is 2. The third-order valence-corrected chi connectivity index (χ3v) is 5.06. The Kier molecular flexibility index (Phi) is 4.11. The number of benzene rings is 1. The highest BCUT2D eigenvalue weighted by molar-refractivity contribution is 5.25. The van der Waals surface area contributed by atoms with Crippen molar-refractivity contribution >= 4 is 0 Å². The van der Waals surface area contributed by atoms with Gasteiger partial charge in [0.15, 0.2) is 0 Å². The molecule has 0 spiro atoms. The molecule has 110 valence electrons. The summed E-state index contributed by atoms with van der Waals surface area (Å²) in [5, 5.41) is 9.92. The number of rotatable bonds is 4. The average Bonchev–Trinajstić information content (AvgIpc) is 2.95. The summed E-state index contributed by atoms with van der Waals surface area (Å²) in [6, 6.07) is 11.2. The van der Waals surface area contributed by atoms with Crippen molar-refractivity contribution in [2.75, 3.05) is 39.3 Å². The summed E-state index contributed by atoms with van der Waals surface area (Å²) in [6.07, 6.45) is 2.70. The van der Waals surface area contributed by atoms with Gasteiger partial charge in [-0.2, -0.15) is 0 Å². The van der Waals surface area contributed by atoms with Crippen molar-refractivity contribution in [3.63, 3.8) is 0 Å². The fourth-order valence-corrected chi connectivity index (χ4v) is 3.77. The molecule has 0 saturated carbocycles. The van der Waals surface area contributed by atoms with Crippen LogP contribution in [0.1, 0.15) is 25.3 Å². The zero-order chi connectivity index (χ0) is 14.0. The molecular weight excluding hydrogens is 248 g/mol.